The van der Waals surface area contributed by atoms with Crippen molar-refractivity contribution in [2.45, 2.75) is 38.2 Å². The minimum atomic E-state index is -0.594. The average Bonchev–Trinajstić information content (AvgIpc) is 2.89. The number of carbonyl (C=O) groups is 1. The molecule has 1 fully saturated rings. The SMILES string of the molecule is CC(C)(C(=O)NCC1CCCO1)c1cccc(Cl)c1. The molecule has 0 saturated carbocycles. The number of hydrogen-bond donors (Lipinski definition) is 1. The topological polar surface area (TPSA) is 38.3 Å². The Bertz CT molecular complexity index is 453. The molecule has 2 rings (SSSR count). The molecule has 1 saturated heterocycles. The zero-order valence-electron chi connectivity index (χ0n) is 11.4. The van der Waals surface area contributed by atoms with Gasteiger partial charge in [0.25, 0.3) is 0 Å². The maximum absolute atomic E-state index is 12.3. The van der Waals surface area contributed by atoms with Gasteiger partial charge in [-0.3, -0.25) is 4.79 Å². The molecular weight excluding hydrogens is 262 g/mol. The number of benzene rings is 1. The van der Waals surface area contributed by atoms with E-state index in [9.17, 15) is 4.79 Å². The third kappa shape index (κ3) is 3.48. The van der Waals surface area contributed by atoms with E-state index in [1.165, 1.54) is 0 Å². The van der Waals surface area contributed by atoms with Crippen LogP contribution in [0.3, 0.4) is 0 Å². The molecule has 0 radical (unpaired) electrons. The van der Waals surface area contributed by atoms with Crippen LogP contribution in [0.5, 0.6) is 0 Å². The first-order chi connectivity index (χ1) is 9.00. The minimum absolute atomic E-state index is 0.00488. The second kappa shape index (κ2) is 5.93. The van der Waals surface area contributed by atoms with Crippen LogP contribution in [0.15, 0.2) is 24.3 Å². The summed E-state index contributed by atoms with van der Waals surface area (Å²) in [6.07, 6.45) is 2.27. The summed E-state index contributed by atoms with van der Waals surface area (Å²) in [6.45, 7) is 5.20. The molecular formula is C15H20ClNO2. The van der Waals surface area contributed by atoms with Crippen molar-refractivity contribution in [3.63, 3.8) is 0 Å². The highest BCUT2D eigenvalue weighted by Gasteiger charge is 2.30. The van der Waals surface area contributed by atoms with Crippen molar-refractivity contribution in [1.82, 2.24) is 5.32 Å². The fraction of sp³-hybridized carbons (Fsp3) is 0.533. The largest absolute Gasteiger partial charge is 0.376 e. The van der Waals surface area contributed by atoms with Gasteiger partial charge in [0.2, 0.25) is 5.91 Å². The number of ether oxygens (including phenoxy) is 1. The Morgan fingerprint density at radius 2 is 2.32 bits per heavy atom. The van der Waals surface area contributed by atoms with E-state index in [-0.39, 0.29) is 12.0 Å². The lowest BCUT2D eigenvalue weighted by atomic mass is 9.83. The molecule has 1 amide bonds. The van der Waals surface area contributed by atoms with Gasteiger partial charge in [-0.05, 0) is 44.4 Å². The maximum Gasteiger partial charge on any atom is 0.230 e. The van der Waals surface area contributed by atoms with Crippen molar-refractivity contribution in [2.75, 3.05) is 13.2 Å². The predicted molar refractivity (Wildman–Crippen MR) is 76.5 cm³/mol. The van der Waals surface area contributed by atoms with Gasteiger partial charge in [0, 0.05) is 18.2 Å². The fourth-order valence-electron chi connectivity index (χ4n) is 2.24. The fourth-order valence-corrected chi connectivity index (χ4v) is 2.43. The third-order valence-electron chi connectivity index (χ3n) is 3.63. The summed E-state index contributed by atoms with van der Waals surface area (Å²) in [5.74, 6) is 0.00488. The van der Waals surface area contributed by atoms with Crippen LogP contribution in [0.4, 0.5) is 0 Å². The molecule has 104 valence electrons. The predicted octanol–water partition coefficient (Wildman–Crippen LogP) is 2.91. The molecule has 0 bridgehead atoms. The summed E-state index contributed by atoms with van der Waals surface area (Å²) < 4.78 is 5.51. The van der Waals surface area contributed by atoms with Gasteiger partial charge < -0.3 is 10.1 Å². The number of nitrogens with one attached hydrogen (secondary N) is 1. The molecule has 0 spiro atoms. The monoisotopic (exact) mass is 281 g/mol. The van der Waals surface area contributed by atoms with E-state index in [1.54, 1.807) is 0 Å². The van der Waals surface area contributed by atoms with Crippen molar-refractivity contribution in [3.05, 3.63) is 34.9 Å². The standard InChI is InChI=1S/C15H20ClNO2/c1-15(2,11-5-3-6-12(16)9-11)14(18)17-10-13-7-4-8-19-13/h3,5-6,9,13H,4,7-8,10H2,1-2H3,(H,17,18). The molecule has 1 aliphatic heterocycles. The molecule has 1 heterocycles. The van der Waals surface area contributed by atoms with Crippen LogP contribution in [-0.2, 0) is 14.9 Å². The Morgan fingerprint density at radius 3 is 2.95 bits per heavy atom. The summed E-state index contributed by atoms with van der Waals surface area (Å²) >= 11 is 5.98. The van der Waals surface area contributed by atoms with E-state index >= 15 is 0 Å². The number of halogens is 1. The number of rotatable bonds is 4. The summed E-state index contributed by atoms with van der Waals surface area (Å²) in [5, 5.41) is 3.63. The lowest BCUT2D eigenvalue weighted by Gasteiger charge is -2.25. The second-order valence-corrected chi connectivity index (χ2v) is 5.92. The highest BCUT2D eigenvalue weighted by Crippen LogP contribution is 2.26. The van der Waals surface area contributed by atoms with Crippen molar-refractivity contribution < 1.29 is 9.53 Å². The highest BCUT2D eigenvalue weighted by atomic mass is 35.5. The van der Waals surface area contributed by atoms with Gasteiger partial charge in [0.15, 0.2) is 0 Å². The van der Waals surface area contributed by atoms with Gasteiger partial charge in [-0.15, -0.1) is 0 Å². The molecule has 19 heavy (non-hydrogen) atoms. The summed E-state index contributed by atoms with van der Waals surface area (Å²) in [4.78, 5) is 12.3. The van der Waals surface area contributed by atoms with E-state index in [0.29, 0.717) is 11.6 Å². The number of hydrogen-bond acceptors (Lipinski definition) is 2. The van der Waals surface area contributed by atoms with E-state index in [0.717, 1.165) is 25.0 Å². The second-order valence-electron chi connectivity index (χ2n) is 5.48. The Balaban J connectivity index is 1.99. The first-order valence-electron chi connectivity index (χ1n) is 6.66. The normalized spacial score (nSPS) is 19.4. The van der Waals surface area contributed by atoms with E-state index in [2.05, 4.69) is 5.32 Å². The maximum atomic E-state index is 12.3. The summed E-state index contributed by atoms with van der Waals surface area (Å²) in [7, 11) is 0. The van der Waals surface area contributed by atoms with Crippen LogP contribution in [0, 0.1) is 0 Å². The molecule has 1 atom stereocenters. The Kier molecular flexibility index (Phi) is 4.48. The van der Waals surface area contributed by atoms with Crippen molar-refractivity contribution in [3.8, 4) is 0 Å². The van der Waals surface area contributed by atoms with Gasteiger partial charge in [0.1, 0.15) is 0 Å². The molecule has 1 aliphatic rings. The van der Waals surface area contributed by atoms with Crippen molar-refractivity contribution in [2.24, 2.45) is 0 Å². The lowest BCUT2D eigenvalue weighted by Crippen LogP contribution is -2.43. The van der Waals surface area contributed by atoms with Gasteiger partial charge >= 0.3 is 0 Å². The Labute approximate surface area is 119 Å². The van der Waals surface area contributed by atoms with Crippen molar-refractivity contribution >= 4 is 17.5 Å². The molecule has 1 unspecified atom stereocenters. The third-order valence-corrected chi connectivity index (χ3v) is 3.86. The molecule has 3 nitrogen and oxygen atoms in total. The van der Waals surface area contributed by atoms with E-state index < -0.39 is 5.41 Å². The first kappa shape index (κ1) is 14.4. The number of carbonyl (C=O) groups excluding carboxylic acids is 1. The Morgan fingerprint density at radius 1 is 1.53 bits per heavy atom. The zero-order chi connectivity index (χ0) is 13.9. The quantitative estimate of drug-likeness (QED) is 0.922. The molecule has 1 aromatic rings. The van der Waals surface area contributed by atoms with E-state index in [4.69, 9.17) is 16.3 Å². The summed E-state index contributed by atoms with van der Waals surface area (Å²) in [5.41, 5.74) is 0.327. The molecule has 1 N–H and O–H groups in total. The average molecular weight is 282 g/mol. The zero-order valence-corrected chi connectivity index (χ0v) is 12.2. The number of amides is 1. The van der Waals surface area contributed by atoms with Crippen LogP contribution < -0.4 is 5.32 Å². The Hall–Kier alpha value is -1.06. The van der Waals surface area contributed by atoms with Gasteiger partial charge in [-0.2, -0.15) is 0 Å². The smallest absolute Gasteiger partial charge is 0.230 e. The lowest BCUT2D eigenvalue weighted by molar-refractivity contribution is -0.126. The first-order valence-corrected chi connectivity index (χ1v) is 7.04. The van der Waals surface area contributed by atoms with Crippen LogP contribution >= 0.6 is 11.6 Å². The highest BCUT2D eigenvalue weighted by molar-refractivity contribution is 6.30. The molecule has 0 aliphatic carbocycles. The van der Waals surface area contributed by atoms with Crippen LogP contribution in [0.25, 0.3) is 0 Å². The van der Waals surface area contributed by atoms with E-state index in [1.807, 2.05) is 38.1 Å². The van der Waals surface area contributed by atoms with Crippen LogP contribution in [0.1, 0.15) is 32.3 Å². The molecule has 4 heteroatoms. The summed E-state index contributed by atoms with van der Waals surface area (Å²) in [6, 6.07) is 7.45. The minimum Gasteiger partial charge on any atom is -0.376 e. The van der Waals surface area contributed by atoms with Crippen molar-refractivity contribution in [1.29, 1.82) is 0 Å². The van der Waals surface area contributed by atoms with Gasteiger partial charge in [-0.1, -0.05) is 23.7 Å². The van der Waals surface area contributed by atoms with Gasteiger partial charge in [0.05, 0.1) is 11.5 Å². The molecule has 1 aromatic carbocycles. The van der Waals surface area contributed by atoms with Gasteiger partial charge in [-0.25, -0.2) is 0 Å². The van der Waals surface area contributed by atoms with Crippen LogP contribution in [0.2, 0.25) is 5.02 Å². The van der Waals surface area contributed by atoms with Crippen LogP contribution in [-0.4, -0.2) is 25.2 Å². The molecule has 0 aromatic heterocycles.